The zero-order valence-corrected chi connectivity index (χ0v) is 14.1. The van der Waals surface area contributed by atoms with Crippen LogP contribution in [0.25, 0.3) is 0 Å². The van der Waals surface area contributed by atoms with Crippen molar-refractivity contribution in [3.05, 3.63) is 69.8 Å². The number of likely N-dealkylation sites (tertiary alicyclic amines) is 1. The van der Waals surface area contributed by atoms with Gasteiger partial charge in [-0.1, -0.05) is 30.3 Å². The third kappa shape index (κ3) is 3.63. The topological polar surface area (TPSA) is 75.5 Å². The van der Waals surface area contributed by atoms with E-state index in [4.69, 9.17) is 0 Å². The molecular weight excluding hydrogens is 318 g/mol. The molecule has 1 fully saturated rings. The van der Waals surface area contributed by atoms with E-state index >= 15 is 0 Å². The Kier molecular flexibility index (Phi) is 4.97. The summed E-state index contributed by atoms with van der Waals surface area (Å²) >= 11 is 0. The van der Waals surface area contributed by atoms with Gasteiger partial charge in [0.15, 0.2) is 0 Å². The van der Waals surface area contributed by atoms with E-state index in [0.717, 1.165) is 19.3 Å². The van der Waals surface area contributed by atoms with E-state index in [1.165, 1.54) is 11.6 Å². The second-order valence-electron chi connectivity index (χ2n) is 6.22. The summed E-state index contributed by atoms with van der Waals surface area (Å²) < 4.78 is 0. The van der Waals surface area contributed by atoms with Gasteiger partial charge in [0.1, 0.15) is 5.69 Å². The van der Waals surface area contributed by atoms with E-state index < -0.39 is 4.92 Å². The summed E-state index contributed by atoms with van der Waals surface area (Å²) in [6, 6.07) is 14.8. The number of nitrogens with one attached hydrogen (secondary N) is 1. The highest BCUT2D eigenvalue weighted by molar-refractivity contribution is 5.96. The molecule has 1 aliphatic rings. The number of amides is 1. The van der Waals surface area contributed by atoms with Crippen molar-refractivity contribution in [1.29, 1.82) is 0 Å². The van der Waals surface area contributed by atoms with Gasteiger partial charge < -0.3 is 10.2 Å². The second kappa shape index (κ2) is 7.34. The van der Waals surface area contributed by atoms with Crippen LogP contribution in [0.5, 0.6) is 0 Å². The summed E-state index contributed by atoms with van der Waals surface area (Å²) in [5, 5.41) is 14.0. The van der Waals surface area contributed by atoms with Gasteiger partial charge >= 0.3 is 0 Å². The zero-order chi connectivity index (χ0) is 17.8. The lowest BCUT2D eigenvalue weighted by Crippen LogP contribution is -2.36. The number of nitrogens with zero attached hydrogens (tertiary/aromatic N) is 2. The van der Waals surface area contributed by atoms with E-state index in [-0.39, 0.29) is 17.6 Å². The van der Waals surface area contributed by atoms with Gasteiger partial charge in [-0.3, -0.25) is 14.9 Å². The minimum absolute atomic E-state index is 0.0767. The molecule has 1 N–H and O–H groups in total. The molecular formula is C19H21N3O3. The molecule has 0 radical (unpaired) electrons. The summed E-state index contributed by atoms with van der Waals surface area (Å²) in [5.41, 5.74) is 1.89. The van der Waals surface area contributed by atoms with Crippen molar-refractivity contribution >= 4 is 17.3 Å². The number of rotatable bonds is 5. The lowest BCUT2D eigenvalue weighted by molar-refractivity contribution is -0.384. The summed E-state index contributed by atoms with van der Waals surface area (Å²) in [6.45, 7) is 0.692. The lowest BCUT2D eigenvalue weighted by Gasteiger charge is -2.25. The van der Waals surface area contributed by atoms with Crippen LogP contribution in [0.2, 0.25) is 0 Å². The number of nitro groups is 1. The van der Waals surface area contributed by atoms with Crippen molar-refractivity contribution in [1.82, 2.24) is 4.90 Å². The molecule has 1 aliphatic heterocycles. The molecule has 0 aliphatic carbocycles. The molecule has 25 heavy (non-hydrogen) atoms. The first-order chi connectivity index (χ1) is 12.1. The van der Waals surface area contributed by atoms with Crippen molar-refractivity contribution in [2.75, 3.05) is 18.9 Å². The molecule has 2 aromatic rings. The SMILES string of the molecule is CNc1ccc(C(=O)N2CCCC2Cc2ccccc2)cc1[N+](=O)[O-]. The predicted molar refractivity (Wildman–Crippen MR) is 96.8 cm³/mol. The monoisotopic (exact) mass is 339 g/mol. The van der Waals surface area contributed by atoms with E-state index in [2.05, 4.69) is 17.4 Å². The van der Waals surface area contributed by atoms with Gasteiger partial charge in [0, 0.05) is 31.3 Å². The molecule has 6 nitrogen and oxygen atoms in total. The van der Waals surface area contributed by atoms with Crippen LogP contribution < -0.4 is 5.32 Å². The van der Waals surface area contributed by atoms with Gasteiger partial charge in [0.25, 0.3) is 11.6 Å². The highest BCUT2D eigenvalue weighted by atomic mass is 16.6. The van der Waals surface area contributed by atoms with Gasteiger partial charge in [0.2, 0.25) is 0 Å². The molecule has 1 unspecified atom stereocenters. The highest BCUT2D eigenvalue weighted by Gasteiger charge is 2.30. The lowest BCUT2D eigenvalue weighted by atomic mass is 10.0. The average Bonchev–Trinajstić information content (AvgIpc) is 3.09. The minimum atomic E-state index is -0.464. The van der Waals surface area contributed by atoms with Crippen LogP contribution in [0.1, 0.15) is 28.8 Å². The second-order valence-corrected chi connectivity index (χ2v) is 6.22. The van der Waals surface area contributed by atoms with Gasteiger partial charge in [-0.2, -0.15) is 0 Å². The van der Waals surface area contributed by atoms with Crippen LogP contribution in [0.15, 0.2) is 48.5 Å². The van der Waals surface area contributed by atoms with E-state index in [1.54, 1.807) is 19.2 Å². The summed E-state index contributed by atoms with van der Waals surface area (Å²) in [5.74, 6) is -0.135. The fraction of sp³-hybridized carbons (Fsp3) is 0.316. The van der Waals surface area contributed by atoms with Crippen molar-refractivity contribution in [3.63, 3.8) is 0 Å². The van der Waals surface area contributed by atoms with Gasteiger partial charge in [-0.05, 0) is 37.0 Å². The standard InChI is InChI=1S/C19H21N3O3/c1-20-17-10-9-15(13-18(17)22(24)25)19(23)21-11-5-8-16(21)12-14-6-3-2-4-7-14/h2-4,6-7,9-10,13,16,20H,5,8,11-12H2,1H3. The first kappa shape index (κ1) is 17.0. The van der Waals surface area contributed by atoms with Gasteiger partial charge in [-0.25, -0.2) is 0 Å². The quantitative estimate of drug-likeness (QED) is 0.668. The maximum atomic E-state index is 12.9. The van der Waals surface area contributed by atoms with E-state index in [9.17, 15) is 14.9 Å². The number of anilines is 1. The molecule has 1 saturated heterocycles. The van der Waals surface area contributed by atoms with Crippen LogP contribution >= 0.6 is 0 Å². The molecule has 1 atom stereocenters. The van der Waals surface area contributed by atoms with E-state index in [0.29, 0.717) is 17.8 Å². The number of nitro benzene ring substituents is 1. The first-order valence-electron chi connectivity index (χ1n) is 8.41. The number of carbonyl (C=O) groups is 1. The fourth-order valence-electron chi connectivity index (χ4n) is 3.39. The largest absolute Gasteiger partial charge is 0.383 e. The Balaban J connectivity index is 1.82. The third-order valence-corrected chi connectivity index (χ3v) is 4.66. The van der Waals surface area contributed by atoms with Crippen molar-refractivity contribution < 1.29 is 9.72 Å². The van der Waals surface area contributed by atoms with Crippen molar-refractivity contribution in [3.8, 4) is 0 Å². The molecule has 0 aromatic heterocycles. The maximum Gasteiger partial charge on any atom is 0.293 e. The minimum Gasteiger partial charge on any atom is -0.383 e. The normalized spacial score (nSPS) is 16.7. The van der Waals surface area contributed by atoms with Crippen molar-refractivity contribution in [2.45, 2.75) is 25.3 Å². The number of benzene rings is 2. The summed E-state index contributed by atoms with van der Waals surface area (Å²) in [4.78, 5) is 25.5. The van der Waals surface area contributed by atoms with Gasteiger partial charge in [-0.15, -0.1) is 0 Å². The van der Waals surface area contributed by atoms with Crippen molar-refractivity contribution in [2.24, 2.45) is 0 Å². The number of hydrogen-bond donors (Lipinski definition) is 1. The Bertz CT molecular complexity index is 777. The summed E-state index contributed by atoms with van der Waals surface area (Å²) in [7, 11) is 1.63. The molecule has 0 saturated carbocycles. The molecule has 2 aromatic carbocycles. The summed E-state index contributed by atoms with van der Waals surface area (Å²) in [6.07, 6.45) is 2.72. The molecule has 6 heteroatoms. The molecule has 0 bridgehead atoms. The number of hydrogen-bond acceptors (Lipinski definition) is 4. The highest BCUT2D eigenvalue weighted by Crippen LogP contribution is 2.28. The van der Waals surface area contributed by atoms with Gasteiger partial charge in [0.05, 0.1) is 4.92 Å². The van der Waals surface area contributed by atoms with Crippen LogP contribution in [0.4, 0.5) is 11.4 Å². The van der Waals surface area contributed by atoms with Crippen LogP contribution in [-0.4, -0.2) is 35.4 Å². The first-order valence-corrected chi connectivity index (χ1v) is 8.41. The Morgan fingerprint density at radius 2 is 2.04 bits per heavy atom. The Morgan fingerprint density at radius 3 is 2.72 bits per heavy atom. The fourth-order valence-corrected chi connectivity index (χ4v) is 3.39. The van der Waals surface area contributed by atoms with Crippen LogP contribution in [0, 0.1) is 10.1 Å². The average molecular weight is 339 g/mol. The molecule has 1 amide bonds. The Morgan fingerprint density at radius 1 is 1.28 bits per heavy atom. The third-order valence-electron chi connectivity index (χ3n) is 4.66. The Labute approximate surface area is 146 Å². The molecule has 0 spiro atoms. The zero-order valence-electron chi connectivity index (χ0n) is 14.1. The Hall–Kier alpha value is -2.89. The molecule has 1 heterocycles. The molecule has 3 rings (SSSR count). The van der Waals surface area contributed by atoms with Crippen LogP contribution in [-0.2, 0) is 6.42 Å². The smallest absolute Gasteiger partial charge is 0.293 e. The predicted octanol–water partition coefficient (Wildman–Crippen LogP) is 3.48. The maximum absolute atomic E-state index is 12.9. The number of carbonyl (C=O) groups excluding carboxylic acids is 1. The van der Waals surface area contributed by atoms with E-state index in [1.807, 2.05) is 23.1 Å². The molecule has 130 valence electrons. The van der Waals surface area contributed by atoms with Crippen LogP contribution in [0.3, 0.4) is 0 Å².